The molecule has 0 radical (unpaired) electrons. The van der Waals surface area contributed by atoms with Gasteiger partial charge in [0.15, 0.2) is 0 Å². The number of carbonyl (C=O) groups is 3. The van der Waals surface area contributed by atoms with E-state index in [1.807, 2.05) is 18.2 Å². The maximum Gasteiger partial charge on any atom is 0.408 e. The molecule has 10 nitrogen and oxygen atoms in total. The average Bonchev–Trinajstić information content (AvgIpc) is 3.26. The zero-order valence-corrected chi connectivity index (χ0v) is 23.6. The van der Waals surface area contributed by atoms with E-state index in [2.05, 4.69) is 15.6 Å². The number of amides is 3. The van der Waals surface area contributed by atoms with Gasteiger partial charge < -0.3 is 30.5 Å². The number of benzene rings is 1. The molecule has 0 aliphatic carbocycles. The van der Waals surface area contributed by atoms with Crippen LogP contribution in [-0.2, 0) is 14.3 Å². The topological polar surface area (TPSA) is 141 Å². The molecule has 212 valence electrons. The minimum absolute atomic E-state index is 0.0332. The Kier molecular flexibility index (Phi) is 9.93. The molecule has 4 atom stereocenters. The van der Waals surface area contributed by atoms with Gasteiger partial charge in [0.05, 0.1) is 18.8 Å². The predicted octanol–water partition coefficient (Wildman–Crippen LogP) is 3.06. The molecule has 39 heavy (non-hydrogen) atoms. The second-order valence-electron chi connectivity index (χ2n) is 11.0. The Bertz CT molecular complexity index is 1170. The molecule has 1 aromatic carbocycles. The van der Waals surface area contributed by atoms with Gasteiger partial charge in [-0.3, -0.25) is 9.59 Å². The summed E-state index contributed by atoms with van der Waals surface area (Å²) in [5.41, 5.74) is 1.48. The van der Waals surface area contributed by atoms with Crippen LogP contribution in [0.4, 0.5) is 4.79 Å². The summed E-state index contributed by atoms with van der Waals surface area (Å²) in [7, 11) is 0. The number of ether oxygens (including phenoxy) is 1. The van der Waals surface area contributed by atoms with E-state index in [0.29, 0.717) is 10.7 Å². The molecule has 11 heteroatoms. The molecule has 0 spiro atoms. The average molecular weight is 561 g/mol. The quantitative estimate of drug-likeness (QED) is 0.364. The number of aliphatic hydroxyl groups excluding tert-OH is 2. The first-order valence-corrected chi connectivity index (χ1v) is 13.3. The minimum atomic E-state index is -0.975. The van der Waals surface area contributed by atoms with Crippen LogP contribution >= 0.6 is 11.6 Å². The number of halogens is 1. The molecule has 0 bridgehead atoms. The first-order chi connectivity index (χ1) is 18.3. The zero-order valence-electron chi connectivity index (χ0n) is 22.8. The number of nitrogens with zero attached hydrogens (tertiary/aromatic N) is 2. The van der Waals surface area contributed by atoms with Crippen LogP contribution in [0.25, 0.3) is 11.1 Å². The van der Waals surface area contributed by atoms with E-state index in [0.717, 1.165) is 11.1 Å². The van der Waals surface area contributed by atoms with Crippen molar-refractivity contribution in [3.8, 4) is 11.1 Å². The molecular weight excluding hydrogens is 524 g/mol. The summed E-state index contributed by atoms with van der Waals surface area (Å²) in [6, 6.07) is 8.12. The minimum Gasteiger partial charge on any atom is -0.444 e. The lowest BCUT2D eigenvalue weighted by Gasteiger charge is -2.31. The number of hydrogen-bond acceptors (Lipinski definition) is 7. The molecule has 3 rings (SSSR count). The largest absolute Gasteiger partial charge is 0.444 e. The van der Waals surface area contributed by atoms with Crippen molar-refractivity contribution < 1.29 is 29.3 Å². The number of rotatable bonds is 8. The Hall–Kier alpha value is -3.21. The van der Waals surface area contributed by atoms with Gasteiger partial charge in [-0.15, -0.1) is 0 Å². The molecule has 3 amide bonds. The fourth-order valence-electron chi connectivity index (χ4n) is 4.43. The summed E-state index contributed by atoms with van der Waals surface area (Å²) in [5.74, 6) is -1.31. The van der Waals surface area contributed by atoms with Gasteiger partial charge in [-0.2, -0.15) is 0 Å². The molecule has 2 aromatic rings. The van der Waals surface area contributed by atoms with Crippen LogP contribution in [-0.4, -0.2) is 74.9 Å². The van der Waals surface area contributed by atoms with Crippen molar-refractivity contribution in [1.29, 1.82) is 0 Å². The normalized spacial score (nSPS) is 18.9. The first-order valence-electron chi connectivity index (χ1n) is 12.9. The van der Waals surface area contributed by atoms with Crippen LogP contribution < -0.4 is 10.6 Å². The van der Waals surface area contributed by atoms with E-state index in [1.54, 1.807) is 59.0 Å². The maximum absolute atomic E-state index is 13.5. The fraction of sp³-hybridized carbons (Fsp3) is 0.500. The lowest BCUT2D eigenvalue weighted by molar-refractivity contribution is -0.141. The van der Waals surface area contributed by atoms with Gasteiger partial charge in [0, 0.05) is 24.7 Å². The van der Waals surface area contributed by atoms with E-state index in [-0.39, 0.29) is 25.5 Å². The third-order valence-corrected chi connectivity index (χ3v) is 6.65. The summed E-state index contributed by atoms with van der Waals surface area (Å²) < 4.78 is 5.30. The smallest absolute Gasteiger partial charge is 0.408 e. The Morgan fingerprint density at radius 1 is 1.15 bits per heavy atom. The number of β-amino-alcohol motifs (C(OH)–C–C–N with tert-alkyl or cyclic N) is 1. The van der Waals surface area contributed by atoms with Gasteiger partial charge in [0.25, 0.3) is 0 Å². The fourth-order valence-corrected chi connectivity index (χ4v) is 4.66. The number of nitrogens with one attached hydrogen (secondary N) is 2. The van der Waals surface area contributed by atoms with E-state index >= 15 is 0 Å². The SMILES string of the molecule is CC(C)[C@H](NC(=O)OC(C)(C)C)C(=O)N1C[C@H](O)C[C@H]1C(=O)N[C@@H](CO)c1ccc(-c2cccnc2Cl)cc1. The van der Waals surface area contributed by atoms with Crippen LogP contribution in [0, 0.1) is 5.92 Å². The predicted molar refractivity (Wildman–Crippen MR) is 147 cm³/mol. The molecule has 0 unspecified atom stereocenters. The van der Waals surface area contributed by atoms with Crippen molar-refractivity contribution >= 4 is 29.5 Å². The van der Waals surface area contributed by atoms with Gasteiger partial charge in [0.1, 0.15) is 22.8 Å². The molecule has 4 N–H and O–H groups in total. The second kappa shape index (κ2) is 12.8. The molecule has 1 aliphatic heterocycles. The van der Waals surface area contributed by atoms with Crippen molar-refractivity contribution in [2.24, 2.45) is 5.92 Å². The molecule has 0 saturated carbocycles. The van der Waals surface area contributed by atoms with Crippen molar-refractivity contribution in [2.75, 3.05) is 13.2 Å². The Morgan fingerprint density at radius 2 is 1.82 bits per heavy atom. The van der Waals surface area contributed by atoms with Gasteiger partial charge in [-0.05, 0) is 49.9 Å². The highest BCUT2D eigenvalue weighted by Gasteiger charge is 2.43. The lowest BCUT2D eigenvalue weighted by atomic mass is 10.0. The number of hydrogen-bond donors (Lipinski definition) is 4. The highest BCUT2D eigenvalue weighted by Crippen LogP contribution is 2.28. The summed E-state index contributed by atoms with van der Waals surface area (Å²) in [6.07, 6.45) is -0.0183. The van der Waals surface area contributed by atoms with Crippen LogP contribution in [0.3, 0.4) is 0 Å². The number of pyridine rings is 1. The van der Waals surface area contributed by atoms with Gasteiger partial charge >= 0.3 is 6.09 Å². The van der Waals surface area contributed by atoms with Crippen molar-refractivity contribution in [3.05, 3.63) is 53.3 Å². The summed E-state index contributed by atoms with van der Waals surface area (Å²) in [4.78, 5) is 44.5. The van der Waals surface area contributed by atoms with Crippen molar-refractivity contribution in [3.63, 3.8) is 0 Å². The van der Waals surface area contributed by atoms with E-state index in [4.69, 9.17) is 16.3 Å². The van der Waals surface area contributed by atoms with Gasteiger partial charge in [0.2, 0.25) is 11.8 Å². The highest BCUT2D eigenvalue weighted by atomic mass is 35.5. The Morgan fingerprint density at radius 3 is 2.38 bits per heavy atom. The van der Waals surface area contributed by atoms with Gasteiger partial charge in [-0.1, -0.05) is 49.7 Å². The molecule has 1 saturated heterocycles. The van der Waals surface area contributed by atoms with Crippen LogP contribution in [0.5, 0.6) is 0 Å². The third kappa shape index (κ3) is 7.90. The van der Waals surface area contributed by atoms with Crippen molar-refractivity contribution in [2.45, 2.75) is 70.9 Å². The number of aliphatic hydroxyl groups is 2. The number of likely N-dealkylation sites (tertiary alicyclic amines) is 1. The highest BCUT2D eigenvalue weighted by molar-refractivity contribution is 6.32. The maximum atomic E-state index is 13.5. The van der Waals surface area contributed by atoms with E-state index in [9.17, 15) is 24.6 Å². The monoisotopic (exact) mass is 560 g/mol. The second-order valence-corrected chi connectivity index (χ2v) is 11.3. The number of alkyl carbamates (subject to hydrolysis) is 1. The molecule has 1 aromatic heterocycles. The van der Waals surface area contributed by atoms with Crippen LogP contribution in [0.2, 0.25) is 5.15 Å². The molecule has 1 aliphatic rings. The van der Waals surface area contributed by atoms with Gasteiger partial charge in [-0.25, -0.2) is 9.78 Å². The molecular formula is C28H37ClN4O6. The van der Waals surface area contributed by atoms with Crippen LogP contribution in [0.1, 0.15) is 52.6 Å². The zero-order chi connectivity index (χ0) is 28.9. The van der Waals surface area contributed by atoms with Crippen molar-refractivity contribution in [1.82, 2.24) is 20.5 Å². The Labute approximate surface area is 233 Å². The standard InChI is InChI=1S/C28H37ClN4O6/c1-16(2)23(32-27(38)39-28(3,4)5)26(37)33-14-19(35)13-22(33)25(36)31-21(15-34)18-10-8-17(9-11-18)20-7-6-12-30-24(20)29/h6-12,16,19,21-23,34-35H,13-15H2,1-5H3,(H,31,36)(H,32,38)/t19-,21+,22+,23+/m1/s1. The van der Waals surface area contributed by atoms with E-state index in [1.165, 1.54) is 4.90 Å². The summed E-state index contributed by atoms with van der Waals surface area (Å²) >= 11 is 6.19. The van der Waals surface area contributed by atoms with E-state index < -0.39 is 47.7 Å². The Balaban J connectivity index is 1.74. The summed E-state index contributed by atoms with van der Waals surface area (Å²) in [5, 5.41) is 26.2. The first kappa shape index (κ1) is 30.3. The van der Waals surface area contributed by atoms with Crippen LogP contribution in [0.15, 0.2) is 42.6 Å². The molecule has 1 fully saturated rings. The summed E-state index contributed by atoms with van der Waals surface area (Å²) in [6.45, 7) is 8.26. The lowest BCUT2D eigenvalue weighted by Crippen LogP contribution is -2.56. The number of aromatic nitrogens is 1. The number of carbonyl (C=O) groups excluding carboxylic acids is 3. The molecule has 2 heterocycles. The third-order valence-electron chi connectivity index (χ3n) is 6.35.